The van der Waals surface area contributed by atoms with E-state index in [1.165, 1.54) is 0 Å². The van der Waals surface area contributed by atoms with Gasteiger partial charge in [-0.25, -0.2) is 4.21 Å². The quantitative estimate of drug-likeness (QED) is 0.609. The molecule has 0 spiro atoms. The van der Waals surface area contributed by atoms with E-state index < -0.39 is 11.2 Å². The van der Waals surface area contributed by atoms with E-state index >= 15 is 0 Å². The highest BCUT2D eigenvalue weighted by molar-refractivity contribution is 9.10. The highest BCUT2D eigenvalue weighted by Crippen LogP contribution is 2.29. The maximum absolute atomic E-state index is 11.8. The first-order valence-electron chi connectivity index (χ1n) is 8.28. The molecule has 1 aliphatic rings. The van der Waals surface area contributed by atoms with Crippen LogP contribution in [0.25, 0.3) is 0 Å². The molecule has 3 N–H and O–H groups in total. The van der Waals surface area contributed by atoms with Gasteiger partial charge in [-0.05, 0) is 60.2 Å². The van der Waals surface area contributed by atoms with E-state index in [-0.39, 0.29) is 5.75 Å². The van der Waals surface area contributed by atoms with Crippen LogP contribution in [0.3, 0.4) is 0 Å². The maximum atomic E-state index is 11.8. The van der Waals surface area contributed by atoms with Crippen molar-refractivity contribution >= 4 is 50.1 Å². The lowest BCUT2D eigenvalue weighted by Gasteiger charge is -2.15. The molecule has 0 aliphatic carbocycles. The average molecular weight is 450 g/mol. The third-order valence-corrected chi connectivity index (χ3v) is 5.26. The number of phenols is 1. The first-order chi connectivity index (χ1) is 12.9. The largest absolute Gasteiger partial charge is 0.505 e. The fraction of sp³-hybridized carbons (Fsp3) is 0.222. The first kappa shape index (κ1) is 19.5. The number of nitrogens with one attached hydrogen (secondary N) is 2. The monoisotopic (exact) mass is 449 g/mol. The van der Waals surface area contributed by atoms with Crippen LogP contribution < -0.4 is 10.6 Å². The van der Waals surface area contributed by atoms with Gasteiger partial charge in [-0.2, -0.15) is 0 Å². The molecule has 0 saturated carbocycles. The summed E-state index contributed by atoms with van der Waals surface area (Å²) in [6, 6.07) is 13.0. The summed E-state index contributed by atoms with van der Waals surface area (Å²) in [5.41, 5.74) is 2.09. The summed E-state index contributed by atoms with van der Waals surface area (Å²) in [7, 11) is 3.97. The molecule has 0 amide bonds. The number of nitrogens with zero attached hydrogens (tertiary/aromatic N) is 3. The zero-order valence-electron chi connectivity index (χ0n) is 14.9. The maximum Gasteiger partial charge on any atom is 0.269 e. The molecule has 27 heavy (non-hydrogen) atoms. The molecule has 0 bridgehead atoms. The van der Waals surface area contributed by atoms with Gasteiger partial charge in [-0.1, -0.05) is 24.3 Å². The molecule has 0 saturated heterocycles. The summed E-state index contributed by atoms with van der Waals surface area (Å²) >= 11 is 1.75. The van der Waals surface area contributed by atoms with Crippen LogP contribution in [0.5, 0.6) is 5.75 Å². The Kier molecular flexibility index (Phi) is 6.25. The Morgan fingerprint density at radius 3 is 2.33 bits per heavy atom. The Bertz CT molecular complexity index is 930. The molecule has 0 fully saturated rings. The molecule has 1 aliphatic heterocycles. The highest BCUT2D eigenvalue weighted by atomic mass is 79.9. The van der Waals surface area contributed by atoms with Gasteiger partial charge < -0.3 is 20.6 Å². The van der Waals surface area contributed by atoms with Crippen LogP contribution in [-0.4, -0.2) is 46.5 Å². The van der Waals surface area contributed by atoms with Gasteiger partial charge in [0.25, 0.3) is 11.2 Å². The van der Waals surface area contributed by atoms with Crippen molar-refractivity contribution in [3.63, 3.8) is 0 Å². The van der Waals surface area contributed by atoms with Crippen molar-refractivity contribution in [1.82, 2.24) is 4.90 Å². The molecular weight excluding hydrogens is 430 g/mol. The number of anilines is 2. The number of rotatable bonds is 5. The molecule has 2 aromatic carbocycles. The van der Waals surface area contributed by atoms with E-state index in [0.29, 0.717) is 23.8 Å². The zero-order valence-corrected chi connectivity index (χ0v) is 17.3. The Morgan fingerprint density at radius 1 is 1.04 bits per heavy atom. The topological polar surface area (TPSA) is 89.3 Å². The van der Waals surface area contributed by atoms with Crippen LogP contribution in [0, 0.1) is 0 Å². The number of para-hydroxylation sites is 2. The van der Waals surface area contributed by atoms with E-state index in [2.05, 4.69) is 40.3 Å². The lowest BCUT2D eigenvalue weighted by Crippen LogP contribution is -2.27. The standard InChI is InChI=1S/C18H20BrN5O2S/c1-24(2)11-10-12-6-5-9-15(16(12)25)21-18-17(22-27(26)23-18)20-14-8-4-3-7-13(14)19/h3-9,25H,10-11H2,1-2H3,(H,20,22)(H,21,23). The second-order valence-electron chi connectivity index (χ2n) is 6.21. The van der Waals surface area contributed by atoms with Gasteiger partial charge in [0, 0.05) is 11.0 Å². The van der Waals surface area contributed by atoms with Gasteiger partial charge in [0.1, 0.15) is 5.75 Å². The summed E-state index contributed by atoms with van der Waals surface area (Å²) < 4.78 is 20.7. The number of hydrogen-bond acceptors (Lipinski definition) is 5. The molecule has 2 aromatic rings. The van der Waals surface area contributed by atoms with Crippen LogP contribution in [0.1, 0.15) is 5.56 Å². The van der Waals surface area contributed by atoms with E-state index in [9.17, 15) is 9.32 Å². The number of aromatic hydroxyl groups is 1. The minimum absolute atomic E-state index is 0.153. The molecule has 1 unspecified atom stereocenters. The smallest absolute Gasteiger partial charge is 0.269 e. The molecule has 3 rings (SSSR count). The molecule has 142 valence electrons. The minimum Gasteiger partial charge on any atom is -0.505 e. The van der Waals surface area contributed by atoms with E-state index in [4.69, 9.17) is 0 Å². The predicted octanol–water partition coefficient (Wildman–Crippen LogP) is 3.17. The van der Waals surface area contributed by atoms with E-state index in [0.717, 1.165) is 22.3 Å². The molecule has 7 nitrogen and oxygen atoms in total. The summed E-state index contributed by atoms with van der Waals surface area (Å²) in [6.07, 6.45) is 0.711. The van der Waals surface area contributed by atoms with Crippen molar-refractivity contribution in [3.05, 3.63) is 52.5 Å². The molecule has 0 radical (unpaired) electrons. The fourth-order valence-corrected chi connectivity index (χ4v) is 3.48. The predicted molar refractivity (Wildman–Crippen MR) is 115 cm³/mol. The van der Waals surface area contributed by atoms with Crippen LogP contribution >= 0.6 is 15.9 Å². The number of benzene rings is 2. The molecule has 0 aromatic heterocycles. The molecule has 9 heteroatoms. The Balaban J connectivity index is 1.79. The summed E-state index contributed by atoms with van der Waals surface area (Å²) in [5, 5.41) is 16.7. The average Bonchev–Trinajstić information content (AvgIpc) is 2.96. The summed E-state index contributed by atoms with van der Waals surface area (Å²) in [6.45, 7) is 0.818. The number of likely N-dealkylation sites (N-methyl/N-ethyl adjacent to an activating group) is 1. The number of phenolic OH excluding ortho intramolecular Hbond substituents is 1. The highest BCUT2D eigenvalue weighted by Gasteiger charge is 2.21. The van der Waals surface area contributed by atoms with Crippen LogP contribution in [0.15, 0.2) is 55.7 Å². The lowest BCUT2D eigenvalue weighted by atomic mass is 10.1. The zero-order chi connectivity index (χ0) is 19.4. The Hall–Kier alpha value is -2.23. The Labute approximate surface area is 169 Å². The van der Waals surface area contributed by atoms with E-state index in [1.54, 1.807) is 6.07 Å². The van der Waals surface area contributed by atoms with Crippen LogP contribution in [0.4, 0.5) is 11.4 Å². The number of hydrogen-bond donors (Lipinski definition) is 3. The molecule has 1 atom stereocenters. The normalized spacial score (nSPS) is 16.2. The van der Waals surface area contributed by atoms with Gasteiger partial charge in [-0.15, -0.1) is 8.80 Å². The van der Waals surface area contributed by atoms with Crippen molar-refractivity contribution in [2.45, 2.75) is 6.42 Å². The van der Waals surface area contributed by atoms with Crippen molar-refractivity contribution in [1.29, 1.82) is 0 Å². The summed E-state index contributed by atoms with van der Waals surface area (Å²) in [5.74, 6) is 0.808. The van der Waals surface area contributed by atoms with Crippen molar-refractivity contribution in [2.24, 2.45) is 8.80 Å². The van der Waals surface area contributed by atoms with Gasteiger partial charge in [0.15, 0.2) is 11.7 Å². The second-order valence-corrected chi connectivity index (χ2v) is 7.89. The molecule has 1 heterocycles. The van der Waals surface area contributed by atoms with Gasteiger partial charge in [0.05, 0.1) is 11.4 Å². The first-order valence-corrected chi connectivity index (χ1v) is 10.1. The lowest BCUT2D eigenvalue weighted by molar-refractivity contribution is 0.406. The number of amidine groups is 2. The Morgan fingerprint density at radius 2 is 1.67 bits per heavy atom. The minimum atomic E-state index is -1.71. The van der Waals surface area contributed by atoms with Crippen LogP contribution in [0.2, 0.25) is 0 Å². The van der Waals surface area contributed by atoms with Gasteiger partial charge in [0.2, 0.25) is 0 Å². The summed E-state index contributed by atoms with van der Waals surface area (Å²) in [4.78, 5) is 2.05. The van der Waals surface area contributed by atoms with Crippen molar-refractivity contribution < 1.29 is 9.32 Å². The number of halogens is 1. The van der Waals surface area contributed by atoms with Crippen LogP contribution in [-0.2, 0) is 17.6 Å². The third-order valence-electron chi connectivity index (χ3n) is 3.89. The third kappa shape index (κ3) is 4.94. The van der Waals surface area contributed by atoms with E-state index in [1.807, 2.05) is 50.5 Å². The fourth-order valence-electron chi connectivity index (χ4n) is 2.48. The van der Waals surface area contributed by atoms with Gasteiger partial charge >= 0.3 is 0 Å². The molecular formula is C18H20BrN5O2S. The SMILES string of the molecule is CN(C)CCc1cccc(NC2=NS(=O)N=C2Nc2ccccc2Br)c1O. The van der Waals surface area contributed by atoms with Crippen molar-refractivity contribution in [3.8, 4) is 5.75 Å². The second kappa shape index (κ2) is 8.64. The van der Waals surface area contributed by atoms with Gasteiger partial charge in [-0.3, -0.25) is 0 Å². The van der Waals surface area contributed by atoms with Crippen molar-refractivity contribution in [2.75, 3.05) is 31.3 Å².